The van der Waals surface area contributed by atoms with E-state index in [1.807, 2.05) is 0 Å². The van der Waals surface area contributed by atoms with E-state index in [2.05, 4.69) is 32.8 Å². The Balaban J connectivity index is 2.44. The summed E-state index contributed by atoms with van der Waals surface area (Å²) in [7, 11) is 4.35. The van der Waals surface area contributed by atoms with Crippen molar-refractivity contribution in [3.8, 4) is 0 Å². The zero-order chi connectivity index (χ0) is 9.30. The summed E-state index contributed by atoms with van der Waals surface area (Å²) in [6, 6.07) is 1.21. The second-order valence-electron chi connectivity index (χ2n) is 4.69. The average molecular weight is 170 g/mol. The van der Waals surface area contributed by atoms with Crippen molar-refractivity contribution in [3.05, 3.63) is 0 Å². The van der Waals surface area contributed by atoms with Gasteiger partial charge in [-0.1, -0.05) is 13.8 Å². The second kappa shape index (κ2) is 3.75. The van der Waals surface area contributed by atoms with E-state index >= 15 is 0 Å². The van der Waals surface area contributed by atoms with Gasteiger partial charge in [-0.2, -0.15) is 0 Å². The molecule has 1 atom stereocenters. The predicted octanol–water partition coefficient (Wildman–Crippen LogP) is 1.31. The van der Waals surface area contributed by atoms with Crippen LogP contribution < -0.4 is 5.73 Å². The molecule has 0 radical (unpaired) electrons. The summed E-state index contributed by atoms with van der Waals surface area (Å²) in [6.45, 7) is 4.60. The number of hydrogen-bond donors (Lipinski definition) is 1. The van der Waals surface area contributed by atoms with E-state index in [1.54, 1.807) is 0 Å². The molecule has 1 unspecified atom stereocenters. The Bertz CT molecular complexity index is 129. The van der Waals surface area contributed by atoms with Crippen LogP contribution in [0.4, 0.5) is 0 Å². The molecule has 0 aliphatic heterocycles. The highest BCUT2D eigenvalue weighted by Gasteiger charge is 2.35. The van der Waals surface area contributed by atoms with Gasteiger partial charge in [0.25, 0.3) is 0 Å². The van der Waals surface area contributed by atoms with Gasteiger partial charge in [-0.25, -0.2) is 0 Å². The first kappa shape index (κ1) is 10.0. The van der Waals surface area contributed by atoms with E-state index in [1.165, 1.54) is 12.8 Å². The average Bonchev–Trinajstić information content (AvgIpc) is 1.82. The van der Waals surface area contributed by atoms with E-state index in [-0.39, 0.29) is 0 Å². The third-order valence-electron chi connectivity index (χ3n) is 2.97. The lowest BCUT2D eigenvalue weighted by Gasteiger charge is -2.43. The minimum atomic E-state index is 0.483. The lowest BCUT2D eigenvalue weighted by atomic mass is 9.72. The molecule has 0 saturated heterocycles. The molecule has 0 aromatic heterocycles. The number of hydrogen-bond acceptors (Lipinski definition) is 2. The van der Waals surface area contributed by atoms with Crippen LogP contribution in [0.3, 0.4) is 0 Å². The Labute approximate surface area is 76.1 Å². The summed E-state index contributed by atoms with van der Waals surface area (Å²) in [4.78, 5) is 2.35. The molecule has 0 aromatic rings. The molecule has 1 saturated carbocycles. The largest absolute Gasteiger partial charge is 0.328 e. The minimum Gasteiger partial charge on any atom is -0.328 e. The van der Waals surface area contributed by atoms with Crippen LogP contribution in [0.5, 0.6) is 0 Å². The Hall–Kier alpha value is -0.0800. The topological polar surface area (TPSA) is 29.3 Å². The van der Waals surface area contributed by atoms with Crippen molar-refractivity contribution in [2.75, 3.05) is 14.1 Å². The van der Waals surface area contributed by atoms with E-state index in [9.17, 15) is 0 Å². The van der Waals surface area contributed by atoms with Crippen molar-refractivity contribution in [3.63, 3.8) is 0 Å². The van der Waals surface area contributed by atoms with Crippen LogP contribution in [-0.2, 0) is 0 Å². The van der Waals surface area contributed by atoms with Gasteiger partial charge >= 0.3 is 0 Å². The van der Waals surface area contributed by atoms with Gasteiger partial charge in [-0.3, -0.25) is 0 Å². The van der Waals surface area contributed by atoms with Crippen molar-refractivity contribution in [1.82, 2.24) is 4.90 Å². The molecule has 0 aromatic carbocycles. The molecule has 0 bridgehead atoms. The Kier molecular flexibility index (Phi) is 3.13. The Morgan fingerprint density at radius 1 is 1.25 bits per heavy atom. The third kappa shape index (κ3) is 1.99. The van der Waals surface area contributed by atoms with Crippen molar-refractivity contribution < 1.29 is 0 Å². The van der Waals surface area contributed by atoms with Crippen molar-refractivity contribution in [2.45, 2.75) is 38.8 Å². The van der Waals surface area contributed by atoms with Crippen molar-refractivity contribution in [1.29, 1.82) is 0 Å². The fraction of sp³-hybridized carbons (Fsp3) is 1.00. The fourth-order valence-electron chi connectivity index (χ4n) is 2.55. The van der Waals surface area contributed by atoms with Crippen LogP contribution in [0, 0.1) is 11.8 Å². The van der Waals surface area contributed by atoms with Gasteiger partial charge in [0.05, 0.1) is 0 Å². The second-order valence-corrected chi connectivity index (χ2v) is 4.69. The van der Waals surface area contributed by atoms with Gasteiger partial charge in [0.1, 0.15) is 0 Å². The van der Waals surface area contributed by atoms with Gasteiger partial charge in [-0.05, 0) is 38.8 Å². The summed E-state index contributed by atoms with van der Waals surface area (Å²) in [6.07, 6.45) is 2.45. The summed E-state index contributed by atoms with van der Waals surface area (Å²) in [5.74, 6) is 1.59. The number of nitrogens with zero attached hydrogens (tertiary/aromatic N) is 1. The van der Waals surface area contributed by atoms with E-state index in [0.717, 1.165) is 17.9 Å². The molecule has 0 heterocycles. The summed E-state index contributed by atoms with van der Waals surface area (Å²) < 4.78 is 0. The summed E-state index contributed by atoms with van der Waals surface area (Å²) in [5.41, 5.74) is 5.79. The zero-order valence-electron chi connectivity index (χ0n) is 8.75. The molecule has 2 N–H and O–H groups in total. The van der Waals surface area contributed by atoms with Crippen LogP contribution in [0.1, 0.15) is 26.7 Å². The standard InChI is InChI=1S/C10H22N2/c1-7(2)10(12(3)4)8-5-9(11)6-8/h7-10H,5-6,11H2,1-4H3. The van der Waals surface area contributed by atoms with E-state index < -0.39 is 0 Å². The molecule has 1 rings (SSSR count). The first-order valence-electron chi connectivity index (χ1n) is 4.94. The quantitative estimate of drug-likeness (QED) is 0.692. The molecule has 2 heteroatoms. The number of nitrogens with two attached hydrogens (primary N) is 1. The van der Waals surface area contributed by atoms with Crippen LogP contribution in [-0.4, -0.2) is 31.1 Å². The lowest BCUT2D eigenvalue weighted by Crippen LogP contribution is -2.49. The normalized spacial score (nSPS) is 32.2. The van der Waals surface area contributed by atoms with Crippen molar-refractivity contribution >= 4 is 0 Å². The molecular formula is C10H22N2. The van der Waals surface area contributed by atoms with Crippen LogP contribution in [0.15, 0.2) is 0 Å². The van der Waals surface area contributed by atoms with Gasteiger partial charge in [0, 0.05) is 12.1 Å². The summed E-state index contributed by atoms with van der Waals surface area (Å²) >= 11 is 0. The van der Waals surface area contributed by atoms with Gasteiger partial charge in [-0.15, -0.1) is 0 Å². The molecule has 12 heavy (non-hydrogen) atoms. The Morgan fingerprint density at radius 3 is 2.00 bits per heavy atom. The smallest absolute Gasteiger partial charge is 0.0142 e. The SMILES string of the molecule is CC(C)C(C1CC(N)C1)N(C)C. The molecule has 1 aliphatic carbocycles. The Morgan fingerprint density at radius 2 is 1.75 bits per heavy atom. The number of rotatable bonds is 3. The monoisotopic (exact) mass is 170 g/mol. The summed E-state index contributed by atoms with van der Waals surface area (Å²) in [5, 5.41) is 0. The van der Waals surface area contributed by atoms with Crippen LogP contribution in [0.25, 0.3) is 0 Å². The zero-order valence-corrected chi connectivity index (χ0v) is 8.75. The molecule has 72 valence electrons. The highest BCUT2D eigenvalue weighted by Crippen LogP contribution is 2.33. The molecule has 0 amide bonds. The van der Waals surface area contributed by atoms with Crippen LogP contribution in [0.2, 0.25) is 0 Å². The van der Waals surface area contributed by atoms with Gasteiger partial charge < -0.3 is 10.6 Å². The highest BCUT2D eigenvalue weighted by atomic mass is 15.1. The fourth-order valence-corrected chi connectivity index (χ4v) is 2.55. The van der Waals surface area contributed by atoms with E-state index in [0.29, 0.717) is 6.04 Å². The molecule has 2 nitrogen and oxygen atoms in total. The molecule has 0 spiro atoms. The van der Waals surface area contributed by atoms with Gasteiger partial charge in [0.2, 0.25) is 0 Å². The van der Waals surface area contributed by atoms with E-state index in [4.69, 9.17) is 5.73 Å². The first-order chi connectivity index (χ1) is 5.52. The van der Waals surface area contributed by atoms with Crippen LogP contribution >= 0.6 is 0 Å². The maximum atomic E-state index is 5.79. The predicted molar refractivity (Wildman–Crippen MR) is 53.0 cm³/mol. The van der Waals surface area contributed by atoms with Crippen molar-refractivity contribution in [2.24, 2.45) is 17.6 Å². The lowest BCUT2D eigenvalue weighted by molar-refractivity contribution is 0.0884. The van der Waals surface area contributed by atoms with Gasteiger partial charge in [0.15, 0.2) is 0 Å². The first-order valence-corrected chi connectivity index (χ1v) is 4.94. The maximum absolute atomic E-state index is 5.79. The highest BCUT2D eigenvalue weighted by molar-refractivity contribution is 4.91. The molecule has 1 aliphatic rings. The molecular weight excluding hydrogens is 148 g/mol. The maximum Gasteiger partial charge on any atom is 0.0142 e. The third-order valence-corrected chi connectivity index (χ3v) is 2.97. The molecule has 1 fully saturated rings. The minimum absolute atomic E-state index is 0.483.